The summed E-state index contributed by atoms with van der Waals surface area (Å²) in [6.07, 6.45) is 5.31. The summed E-state index contributed by atoms with van der Waals surface area (Å²) >= 11 is 0. The van der Waals surface area contributed by atoms with Gasteiger partial charge in [-0.2, -0.15) is 4.98 Å². The molecule has 7 heteroatoms. The van der Waals surface area contributed by atoms with Crippen molar-refractivity contribution in [2.24, 2.45) is 10.9 Å². The van der Waals surface area contributed by atoms with Gasteiger partial charge in [0.1, 0.15) is 5.84 Å². The van der Waals surface area contributed by atoms with Gasteiger partial charge in [-0.25, -0.2) is 15.0 Å². The Hall–Kier alpha value is -2.67. The molecule has 0 bridgehead atoms. The summed E-state index contributed by atoms with van der Waals surface area (Å²) in [6, 6.07) is 9.83. The molecule has 0 radical (unpaired) electrons. The highest BCUT2D eigenvalue weighted by Gasteiger charge is 2.38. The molecule has 4 rings (SSSR count). The maximum Gasteiger partial charge on any atom is 0.229 e. The van der Waals surface area contributed by atoms with Gasteiger partial charge in [-0.05, 0) is 43.0 Å². The van der Waals surface area contributed by atoms with E-state index in [9.17, 15) is 0 Å². The molecule has 1 unspecified atom stereocenters. The predicted octanol–water partition coefficient (Wildman–Crippen LogP) is 2.45. The van der Waals surface area contributed by atoms with Crippen LogP contribution >= 0.6 is 0 Å². The minimum Gasteiger partial charge on any atom is -0.399 e. The smallest absolute Gasteiger partial charge is 0.229 e. The maximum absolute atomic E-state index is 5.70. The van der Waals surface area contributed by atoms with Gasteiger partial charge in [-0.3, -0.25) is 0 Å². The van der Waals surface area contributed by atoms with Gasteiger partial charge in [-0.1, -0.05) is 0 Å². The first-order valence-corrected chi connectivity index (χ1v) is 8.20. The molecule has 1 aromatic carbocycles. The van der Waals surface area contributed by atoms with E-state index in [-0.39, 0.29) is 0 Å². The molecule has 1 aliphatic carbocycles. The van der Waals surface area contributed by atoms with E-state index in [1.54, 1.807) is 6.20 Å². The van der Waals surface area contributed by atoms with Crippen LogP contribution in [0.25, 0.3) is 0 Å². The predicted molar refractivity (Wildman–Crippen MR) is 95.3 cm³/mol. The van der Waals surface area contributed by atoms with Crippen molar-refractivity contribution >= 4 is 29.0 Å². The van der Waals surface area contributed by atoms with E-state index in [1.807, 2.05) is 30.3 Å². The number of hydrogen-bond donors (Lipinski definition) is 3. The topological polar surface area (TPSA) is 91.5 Å². The van der Waals surface area contributed by atoms with Crippen LogP contribution in [-0.2, 0) is 0 Å². The first-order chi connectivity index (χ1) is 11.7. The second-order valence-electron chi connectivity index (χ2n) is 6.38. The highest BCUT2D eigenvalue weighted by atomic mass is 15.5. The zero-order chi connectivity index (χ0) is 16.5. The van der Waals surface area contributed by atoms with E-state index in [0.29, 0.717) is 17.8 Å². The summed E-state index contributed by atoms with van der Waals surface area (Å²) in [5.41, 5.74) is 10.6. The van der Waals surface area contributed by atoms with Gasteiger partial charge >= 0.3 is 0 Å². The third-order valence-corrected chi connectivity index (χ3v) is 4.43. The molecule has 0 spiro atoms. The summed E-state index contributed by atoms with van der Waals surface area (Å²) in [6.45, 7) is 0. The van der Waals surface area contributed by atoms with Crippen LogP contribution < -0.4 is 16.5 Å². The number of anilines is 3. The molecule has 1 saturated heterocycles. The third kappa shape index (κ3) is 3.30. The Bertz CT molecular complexity index is 752. The normalized spacial score (nSPS) is 22.5. The Morgan fingerprint density at radius 1 is 1.25 bits per heavy atom. The molecule has 24 heavy (non-hydrogen) atoms. The van der Waals surface area contributed by atoms with Crippen molar-refractivity contribution in [3.63, 3.8) is 0 Å². The molecule has 1 aliphatic heterocycles. The van der Waals surface area contributed by atoms with Crippen molar-refractivity contribution in [1.29, 1.82) is 0 Å². The van der Waals surface area contributed by atoms with Gasteiger partial charge < -0.3 is 16.5 Å². The second kappa shape index (κ2) is 6.09. The largest absolute Gasteiger partial charge is 0.399 e. The van der Waals surface area contributed by atoms with Crippen LogP contribution in [0.5, 0.6) is 0 Å². The van der Waals surface area contributed by atoms with Gasteiger partial charge in [0.05, 0.1) is 0 Å². The standard InChI is InChI=1S/C17H21N7/c1-24-14(11-2-3-11)10-16(23-24)21-15-8-9-19-17(22-15)20-13-6-4-12(18)5-7-13/h4-9,11,14H,2-3,10,18H2,1H3,(H2,19,20,21,22,23). The summed E-state index contributed by atoms with van der Waals surface area (Å²) in [4.78, 5) is 13.3. The Balaban J connectivity index is 1.48. The van der Waals surface area contributed by atoms with Crippen LogP contribution in [0.4, 0.5) is 23.1 Å². The summed E-state index contributed by atoms with van der Waals surface area (Å²) in [7, 11) is 2.08. The number of nitrogens with two attached hydrogens (primary N) is 1. The molecule has 1 atom stereocenters. The molecule has 1 saturated carbocycles. The van der Waals surface area contributed by atoms with Crippen molar-refractivity contribution in [2.45, 2.75) is 25.3 Å². The molecule has 2 heterocycles. The molecule has 124 valence electrons. The Kier molecular flexibility index (Phi) is 3.78. The summed E-state index contributed by atoms with van der Waals surface area (Å²) in [5, 5.41) is 5.34. The molecule has 2 aromatic rings. The fourth-order valence-electron chi connectivity index (χ4n) is 3.01. The fourth-order valence-corrected chi connectivity index (χ4v) is 3.01. The SMILES string of the molecule is CN1NC(=Nc2ccnc(Nc3ccc(N)cc3)n2)CC1C1CC1. The average molecular weight is 323 g/mol. The minimum absolute atomic E-state index is 0.520. The number of aliphatic imine (C=N–C) groups is 1. The fraction of sp³-hybridized carbons (Fsp3) is 0.353. The molecular formula is C17H21N7. The maximum atomic E-state index is 5.70. The van der Waals surface area contributed by atoms with Gasteiger partial charge in [0.2, 0.25) is 5.95 Å². The Morgan fingerprint density at radius 3 is 2.79 bits per heavy atom. The highest BCUT2D eigenvalue weighted by molar-refractivity contribution is 5.86. The molecule has 4 N–H and O–H groups in total. The monoisotopic (exact) mass is 323 g/mol. The third-order valence-electron chi connectivity index (χ3n) is 4.43. The molecule has 0 amide bonds. The van der Waals surface area contributed by atoms with E-state index >= 15 is 0 Å². The second-order valence-corrected chi connectivity index (χ2v) is 6.38. The number of nitrogen functional groups attached to an aromatic ring is 1. The van der Waals surface area contributed by atoms with Crippen molar-refractivity contribution in [3.05, 3.63) is 36.5 Å². The van der Waals surface area contributed by atoms with Gasteiger partial charge in [0.15, 0.2) is 5.82 Å². The van der Waals surface area contributed by atoms with Crippen molar-refractivity contribution in [3.8, 4) is 0 Å². The Labute approximate surface area is 141 Å². The van der Waals surface area contributed by atoms with Crippen LogP contribution in [0.1, 0.15) is 19.3 Å². The number of rotatable bonds is 4. The van der Waals surface area contributed by atoms with Crippen molar-refractivity contribution in [2.75, 3.05) is 18.1 Å². The van der Waals surface area contributed by atoms with Crippen LogP contribution in [0.15, 0.2) is 41.5 Å². The van der Waals surface area contributed by atoms with Crippen LogP contribution in [0.3, 0.4) is 0 Å². The van der Waals surface area contributed by atoms with Crippen molar-refractivity contribution in [1.82, 2.24) is 20.4 Å². The summed E-state index contributed by atoms with van der Waals surface area (Å²) in [5.74, 6) is 2.94. The lowest BCUT2D eigenvalue weighted by atomic mass is 10.1. The molecule has 1 aromatic heterocycles. The first-order valence-electron chi connectivity index (χ1n) is 8.20. The quantitative estimate of drug-likeness (QED) is 0.749. The van der Waals surface area contributed by atoms with Gasteiger partial charge in [-0.15, -0.1) is 0 Å². The zero-order valence-electron chi connectivity index (χ0n) is 13.6. The summed E-state index contributed by atoms with van der Waals surface area (Å²) < 4.78 is 0. The molecule has 2 aliphatic rings. The van der Waals surface area contributed by atoms with E-state index in [1.165, 1.54) is 12.8 Å². The van der Waals surface area contributed by atoms with E-state index in [0.717, 1.165) is 29.5 Å². The first kappa shape index (κ1) is 14.9. The number of benzene rings is 1. The van der Waals surface area contributed by atoms with Gasteiger partial charge in [0, 0.05) is 43.1 Å². The lowest BCUT2D eigenvalue weighted by Gasteiger charge is -2.16. The molecular weight excluding hydrogens is 302 g/mol. The van der Waals surface area contributed by atoms with Crippen LogP contribution in [-0.4, -0.2) is 33.9 Å². The van der Waals surface area contributed by atoms with E-state index in [2.05, 4.69) is 37.8 Å². The molecule has 7 nitrogen and oxygen atoms in total. The highest BCUT2D eigenvalue weighted by Crippen LogP contribution is 2.37. The van der Waals surface area contributed by atoms with Crippen molar-refractivity contribution < 1.29 is 0 Å². The number of nitrogens with zero attached hydrogens (tertiary/aromatic N) is 4. The minimum atomic E-state index is 0.520. The van der Waals surface area contributed by atoms with Gasteiger partial charge in [0.25, 0.3) is 0 Å². The van der Waals surface area contributed by atoms with Crippen LogP contribution in [0.2, 0.25) is 0 Å². The Morgan fingerprint density at radius 2 is 2.04 bits per heavy atom. The lowest BCUT2D eigenvalue weighted by Crippen LogP contribution is -2.35. The number of hydrazine groups is 1. The number of aromatic nitrogens is 2. The van der Waals surface area contributed by atoms with E-state index in [4.69, 9.17) is 5.73 Å². The number of nitrogens with one attached hydrogen (secondary N) is 2. The number of hydrogen-bond acceptors (Lipinski definition) is 6. The van der Waals surface area contributed by atoms with Crippen LogP contribution in [0, 0.1) is 5.92 Å². The lowest BCUT2D eigenvalue weighted by molar-refractivity contribution is 0.225. The van der Waals surface area contributed by atoms with E-state index < -0.39 is 0 Å². The average Bonchev–Trinajstić information content (AvgIpc) is 3.34. The number of amidine groups is 1. The zero-order valence-corrected chi connectivity index (χ0v) is 13.6. The molecule has 2 fully saturated rings.